The standard InChI is InChI=1S/C32H42N4O2/c1-3-27(33)18-10-14-23-12-5-7-20-29(23)35-31(37)25-16-9-17-26(22-25)32(38)36-30-21-8-6-13-24(30)15-11-19-28(34)4-2/h5-9,12-13,16-17,20-22,27-28H,3-4,10-11,14-15,18-19,33-34H2,1-2H3,(H,35,37)(H,36,38). The molecular formula is C32H42N4O2. The first-order chi connectivity index (χ1) is 18.4. The molecule has 2 atom stereocenters. The molecule has 6 nitrogen and oxygen atoms in total. The van der Waals surface area contributed by atoms with E-state index >= 15 is 0 Å². The summed E-state index contributed by atoms with van der Waals surface area (Å²) in [4.78, 5) is 26.2. The van der Waals surface area contributed by atoms with Crippen molar-refractivity contribution in [2.75, 3.05) is 10.6 Å². The minimum Gasteiger partial charge on any atom is -0.328 e. The van der Waals surface area contributed by atoms with Gasteiger partial charge in [-0.1, -0.05) is 56.3 Å². The Morgan fingerprint density at radius 3 is 1.50 bits per heavy atom. The van der Waals surface area contributed by atoms with Gasteiger partial charge in [0.2, 0.25) is 0 Å². The summed E-state index contributed by atoms with van der Waals surface area (Å²) in [7, 11) is 0. The second-order valence-corrected chi connectivity index (χ2v) is 9.92. The zero-order valence-electron chi connectivity index (χ0n) is 22.7. The number of para-hydroxylation sites is 2. The molecule has 3 aromatic carbocycles. The lowest BCUT2D eigenvalue weighted by Crippen LogP contribution is -2.19. The Kier molecular flexibility index (Phi) is 11.5. The first-order valence-corrected chi connectivity index (χ1v) is 13.8. The van der Waals surface area contributed by atoms with Crippen LogP contribution in [0.3, 0.4) is 0 Å². The van der Waals surface area contributed by atoms with Crippen LogP contribution in [0.4, 0.5) is 11.4 Å². The van der Waals surface area contributed by atoms with Crippen molar-refractivity contribution in [2.24, 2.45) is 11.5 Å². The van der Waals surface area contributed by atoms with Crippen LogP contribution in [0.25, 0.3) is 0 Å². The summed E-state index contributed by atoms with van der Waals surface area (Å²) in [6, 6.07) is 22.9. The molecule has 0 saturated heterocycles. The van der Waals surface area contributed by atoms with Crippen molar-refractivity contribution in [2.45, 2.75) is 77.3 Å². The second-order valence-electron chi connectivity index (χ2n) is 9.92. The molecule has 0 fully saturated rings. The van der Waals surface area contributed by atoms with Gasteiger partial charge in [-0.25, -0.2) is 0 Å². The molecule has 2 amide bonds. The van der Waals surface area contributed by atoms with Crippen molar-refractivity contribution >= 4 is 23.2 Å². The maximum atomic E-state index is 13.1. The third-order valence-electron chi connectivity index (χ3n) is 7.01. The van der Waals surface area contributed by atoms with E-state index in [1.54, 1.807) is 24.3 Å². The van der Waals surface area contributed by atoms with Gasteiger partial charge in [0.25, 0.3) is 11.8 Å². The van der Waals surface area contributed by atoms with Crippen molar-refractivity contribution in [3.8, 4) is 0 Å². The van der Waals surface area contributed by atoms with Crippen LogP contribution >= 0.6 is 0 Å². The Bertz CT molecular complexity index is 1100. The van der Waals surface area contributed by atoms with Crippen LogP contribution in [0.1, 0.15) is 84.2 Å². The number of hydrogen-bond donors (Lipinski definition) is 4. The van der Waals surface area contributed by atoms with Crippen molar-refractivity contribution in [3.05, 3.63) is 95.1 Å². The quantitative estimate of drug-likeness (QED) is 0.202. The Morgan fingerprint density at radius 1 is 0.658 bits per heavy atom. The lowest BCUT2D eigenvalue weighted by molar-refractivity contribution is 0.102. The van der Waals surface area contributed by atoms with Gasteiger partial charge >= 0.3 is 0 Å². The van der Waals surface area contributed by atoms with E-state index in [9.17, 15) is 9.59 Å². The second kappa shape index (κ2) is 15.1. The lowest BCUT2D eigenvalue weighted by atomic mass is 10.0. The molecule has 0 aliphatic heterocycles. The van der Waals surface area contributed by atoms with Gasteiger partial charge in [0.15, 0.2) is 0 Å². The van der Waals surface area contributed by atoms with E-state index in [0.717, 1.165) is 73.9 Å². The number of benzene rings is 3. The molecule has 0 aromatic heterocycles. The van der Waals surface area contributed by atoms with E-state index in [1.807, 2.05) is 48.5 Å². The van der Waals surface area contributed by atoms with Gasteiger partial charge in [-0.2, -0.15) is 0 Å². The number of carbonyl (C=O) groups is 2. The van der Waals surface area contributed by atoms with Crippen LogP contribution in [0.2, 0.25) is 0 Å². The average Bonchev–Trinajstić information content (AvgIpc) is 2.94. The topological polar surface area (TPSA) is 110 Å². The number of nitrogens with one attached hydrogen (secondary N) is 2. The Labute approximate surface area is 227 Å². The molecule has 202 valence electrons. The molecule has 0 radical (unpaired) electrons. The predicted octanol–water partition coefficient (Wildman–Crippen LogP) is 6.31. The summed E-state index contributed by atoms with van der Waals surface area (Å²) in [6.07, 6.45) is 7.43. The minimum atomic E-state index is -0.245. The fourth-order valence-electron chi connectivity index (χ4n) is 4.43. The largest absolute Gasteiger partial charge is 0.328 e. The summed E-state index contributed by atoms with van der Waals surface area (Å²) in [5.41, 5.74) is 16.7. The predicted molar refractivity (Wildman–Crippen MR) is 158 cm³/mol. The number of aryl methyl sites for hydroxylation is 2. The van der Waals surface area contributed by atoms with E-state index in [0.29, 0.717) is 11.1 Å². The summed E-state index contributed by atoms with van der Waals surface area (Å²) < 4.78 is 0. The molecule has 6 heteroatoms. The average molecular weight is 515 g/mol. The SMILES string of the molecule is CCC(N)CCCc1ccccc1NC(=O)c1cccc(C(=O)Nc2ccccc2CCCC(N)CC)c1. The number of carbonyl (C=O) groups excluding carboxylic acids is 2. The molecule has 0 aliphatic rings. The summed E-state index contributed by atoms with van der Waals surface area (Å²) in [5.74, 6) is -0.491. The van der Waals surface area contributed by atoms with Crippen molar-refractivity contribution in [3.63, 3.8) is 0 Å². The molecule has 0 saturated carbocycles. The van der Waals surface area contributed by atoms with Crippen LogP contribution < -0.4 is 22.1 Å². The maximum Gasteiger partial charge on any atom is 0.255 e. The number of rotatable bonds is 14. The Hall–Kier alpha value is -3.48. The summed E-state index contributed by atoms with van der Waals surface area (Å²) >= 11 is 0. The van der Waals surface area contributed by atoms with E-state index in [-0.39, 0.29) is 23.9 Å². The molecule has 3 rings (SSSR count). The van der Waals surface area contributed by atoms with Crippen molar-refractivity contribution < 1.29 is 9.59 Å². The third-order valence-corrected chi connectivity index (χ3v) is 7.01. The van der Waals surface area contributed by atoms with Crippen LogP contribution in [-0.2, 0) is 12.8 Å². The molecule has 2 unspecified atom stereocenters. The maximum absolute atomic E-state index is 13.1. The third kappa shape index (κ3) is 8.82. The van der Waals surface area contributed by atoms with Gasteiger partial charge in [0.1, 0.15) is 0 Å². The van der Waals surface area contributed by atoms with Gasteiger partial charge in [-0.3, -0.25) is 9.59 Å². The minimum absolute atomic E-state index is 0.206. The van der Waals surface area contributed by atoms with Gasteiger partial charge in [0.05, 0.1) is 0 Å². The van der Waals surface area contributed by atoms with E-state index in [1.165, 1.54) is 0 Å². The highest BCUT2D eigenvalue weighted by molar-refractivity contribution is 6.09. The van der Waals surface area contributed by atoms with E-state index < -0.39 is 0 Å². The molecule has 6 N–H and O–H groups in total. The van der Waals surface area contributed by atoms with E-state index in [4.69, 9.17) is 11.5 Å². The van der Waals surface area contributed by atoms with E-state index in [2.05, 4.69) is 24.5 Å². The fraction of sp³-hybridized carbons (Fsp3) is 0.375. The summed E-state index contributed by atoms with van der Waals surface area (Å²) in [6.45, 7) is 4.19. The Morgan fingerprint density at radius 2 is 1.08 bits per heavy atom. The first-order valence-electron chi connectivity index (χ1n) is 13.8. The normalized spacial score (nSPS) is 12.5. The Balaban J connectivity index is 1.65. The number of hydrogen-bond acceptors (Lipinski definition) is 4. The van der Waals surface area contributed by atoms with Crippen molar-refractivity contribution in [1.82, 2.24) is 0 Å². The highest BCUT2D eigenvalue weighted by atomic mass is 16.2. The molecule has 0 bridgehead atoms. The van der Waals surface area contributed by atoms with Gasteiger partial charge in [0, 0.05) is 34.6 Å². The molecular weight excluding hydrogens is 472 g/mol. The van der Waals surface area contributed by atoms with Crippen molar-refractivity contribution in [1.29, 1.82) is 0 Å². The smallest absolute Gasteiger partial charge is 0.255 e. The lowest BCUT2D eigenvalue weighted by Gasteiger charge is -2.14. The zero-order chi connectivity index (χ0) is 27.3. The van der Waals surface area contributed by atoms with Gasteiger partial charge in [-0.15, -0.1) is 0 Å². The zero-order valence-corrected chi connectivity index (χ0v) is 22.7. The number of nitrogens with two attached hydrogens (primary N) is 2. The van der Waals surface area contributed by atoms with Crippen LogP contribution in [0, 0.1) is 0 Å². The molecule has 0 heterocycles. The molecule has 3 aromatic rings. The molecule has 0 aliphatic carbocycles. The van der Waals surface area contributed by atoms with Gasteiger partial charge in [-0.05, 0) is 92.8 Å². The fourth-order valence-corrected chi connectivity index (χ4v) is 4.43. The first kappa shape index (κ1) is 29.1. The molecule has 38 heavy (non-hydrogen) atoms. The highest BCUT2D eigenvalue weighted by Gasteiger charge is 2.14. The monoisotopic (exact) mass is 514 g/mol. The number of amides is 2. The van der Waals surface area contributed by atoms with Crippen LogP contribution in [0.5, 0.6) is 0 Å². The van der Waals surface area contributed by atoms with Crippen LogP contribution in [0.15, 0.2) is 72.8 Å². The summed E-state index contributed by atoms with van der Waals surface area (Å²) in [5, 5.41) is 6.06. The molecule has 0 spiro atoms. The number of anilines is 2. The van der Waals surface area contributed by atoms with Gasteiger partial charge < -0.3 is 22.1 Å². The highest BCUT2D eigenvalue weighted by Crippen LogP contribution is 2.21. The van der Waals surface area contributed by atoms with Crippen LogP contribution in [-0.4, -0.2) is 23.9 Å².